The summed E-state index contributed by atoms with van der Waals surface area (Å²) < 4.78 is 11.5. The van der Waals surface area contributed by atoms with Crippen molar-refractivity contribution in [3.8, 4) is 22.8 Å². The molecule has 0 atom stereocenters. The van der Waals surface area contributed by atoms with Crippen LogP contribution in [0.1, 0.15) is 25.3 Å². The maximum absolute atomic E-state index is 5.78. The smallest absolute Gasteiger partial charge is 0.128 e. The number of rotatable bonds is 8. The van der Waals surface area contributed by atoms with Crippen molar-refractivity contribution in [3.63, 3.8) is 0 Å². The minimum atomic E-state index is 0.657. The minimum Gasteiger partial charge on any atom is -0.496 e. The van der Waals surface area contributed by atoms with Crippen LogP contribution in [0.15, 0.2) is 54.6 Å². The lowest BCUT2D eigenvalue weighted by atomic mass is 9.97. The highest BCUT2D eigenvalue weighted by Gasteiger charge is 2.18. The van der Waals surface area contributed by atoms with Crippen LogP contribution in [0.5, 0.6) is 11.5 Å². The molecule has 3 aromatic carbocycles. The molecule has 4 nitrogen and oxygen atoms in total. The summed E-state index contributed by atoms with van der Waals surface area (Å²) in [6.45, 7) is 3.37. The Kier molecular flexibility index (Phi) is 5.72. The van der Waals surface area contributed by atoms with Crippen molar-refractivity contribution in [2.45, 2.75) is 26.2 Å². The molecule has 0 aliphatic heterocycles. The first kappa shape index (κ1) is 19.3. The first-order valence-corrected chi connectivity index (χ1v) is 10.3. The van der Waals surface area contributed by atoms with Crippen LogP contribution in [0.4, 0.5) is 0 Å². The van der Waals surface area contributed by atoms with Crippen molar-refractivity contribution in [1.29, 1.82) is 0 Å². The van der Waals surface area contributed by atoms with Crippen molar-refractivity contribution < 1.29 is 9.47 Å². The highest BCUT2D eigenvalue weighted by molar-refractivity contribution is 5.96. The van der Waals surface area contributed by atoms with Crippen LogP contribution in [0.2, 0.25) is 0 Å². The van der Waals surface area contributed by atoms with Crippen LogP contribution in [-0.4, -0.2) is 25.2 Å². The fraction of sp³-hybridized carbons (Fsp3) is 0.280. The summed E-state index contributed by atoms with van der Waals surface area (Å²) in [4.78, 5) is 3.65. The molecule has 0 amide bonds. The SMILES string of the molecule is CCOc1ccc2[nH]c(-c3cc4ccccc4cc3OC)c(CCCCN)c2c1. The first-order chi connectivity index (χ1) is 14.2. The largest absolute Gasteiger partial charge is 0.496 e. The van der Waals surface area contributed by atoms with Crippen molar-refractivity contribution in [2.75, 3.05) is 20.3 Å². The van der Waals surface area contributed by atoms with Crippen LogP contribution in [0.3, 0.4) is 0 Å². The van der Waals surface area contributed by atoms with Crippen LogP contribution in [0.25, 0.3) is 32.9 Å². The summed E-state index contributed by atoms with van der Waals surface area (Å²) in [7, 11) is 1.73. The second-order valence-electron chi connectivity index (χ2n) is 7.26. The number of nitrogens with two attached hydrogens (primary N) is 1. The lowest BCUT2D eigenvalue weighted by Crippen LogP contribution is -1.99. The molecule has 0 fully saturated rings. The Morgan fingerprint density at radius 1 is 0.966 bits per heavy atom. The van der Waals surface area contributed by atoms with E-state index < -0.39 is 0 Å². The lowest BCUT2D eigenvalue weighted by molar-refractivity contribution is 0.340. The molecule has 29 heavy (non-hydrogen) atoms. The molecule has 150 valence electrons. The van der Waals surface area contributed by atoms with Gasteiger partial charge in [0.15, 0.2) is 0 Å². The van der Waals surface area contributed by atoms with E-state index in [1.807, 2.05) is 13.0 Å². The second kappa shape index (κ2) is 8.58. The Morgan fingerprint density at radius 2 is 1.76 bits per heavy atom. The van der Waals surface area contributed by atoms with Gasteiger partial charge in [-0.2, -0.15) is 0 Å². The van der Waals surface area contributed by atoms with E-state index in [1.54, 1.807) is 7.11 Å². The molecular formula is C25H28N2O2. The van der Waals surface area contributed by atoms with E-state index in [2.05, 4.69) is 53.5 Å². The van der Waals surface area contributed by atoms with Gasteiger partial charge in [-0.3, -0.25) is 0 Å². The third-order valence-electron chi connectivity index (χ3n) is 5.41. The van der Waals surface area contributed by atoms with Gasteiger partial charge in [0, 0.05) is 16.5 Å². The van der Waals surface area contributed by atoms with E-state index in [1.165, 1.54) is 21.7 Å². The van der Waals surface area contributed by atoms with E-state index in [9.17, 15) is 0 Å². The van der Waals surface area contributed by atoms with Gasteiger partial charge in [-0.1, -0.05) is 24.3 Å². The molecule has 4 aromatic rings. The summed E-state index contributed by atoms with van der Waals surface area (Å²) in [6, 6.07) is 19.0. The van der Waals surface area contributed by atoms with Gasteiger partial charge in [0.2, 0.25) is 0 Å². The molecule has 0 bridgehead atoms. The van der Waals surface area contributed by atoms with Gasteiger partial charge < -0.3 is 20.2 Å². The van der Waals surface area contributed by atoms with Crippen molar-refractivity contribution >= 4 is 21.7 Å². The Labute approximate surface area is 171 Å². The number of hydrogen-bond acceptors (Lipinski definition) is 3. The van der Waals surface area contributed by atoms with Crippen molar-refractivity contribution in [3.05, 3.63) is 60.2 Å². The zero-order chi connectivity index (χ0) is 20.2. The average Bonchev–Trinajstić information content (AvgIpc) is 3.11. The number of hydrogen-bond donors (Lipinski definition) is 2. The number of unbranched alkanes of at least 4 members (excludes halogenated alkanes) is 1. The number of aromatic nitrogens is 1. The van der Waals surface area contributed by atoms with Crippen LogP contribution in [0, 0.1) is 0 Å². The number of H-pyrrole nitrogens is 1. The molecule has 0 saturated heterocycles. The highest BCUT2D eigenvalue weighted by atomic mass is 16.5. The zero-order valence-corrected chi connectivity index (χ0v) is 17.1. The normalized spacial score (nSPS) is 11.3. The number of aryl methyl sites for hydroxylation is 1. The number of aromatic amines is 1. The number of fused-ring (bicyclic) bond motifs is 2. The molecule has 4 rings (SSSR count). The number of ether oxygens (including phenoxy) is 2. The predicted molar refractivity (Wildman–Crippen MR) is 121 cm³/mol. The Bertz CT molecular complexity index is 1130. The van der Waals surface area contributed by atoms with Crippen LogP contribution < -0.4 is 15.2 Å². The van der Waals surface area contributed by atoms with Gasteiger partial charge in [-0.05, 0) is 79.4 Å². The molecule has 4 heteroatoms. The second-order valence-corrected chi connectivity index (χ2v) is 7.26. The lowest BCUT2D eigenvalue weighted by Gasteiger charge is -2.12. The van der Waals surface area contributed by atoms with Gasteiger partial charge in [0.1, 0.15) is 11.5 Å². The fourth-order valence-electron chi connectivity index (χ4n) is 4.00. The first-order valence-electron chi connectivity index (χ1n) is 10.3. The van der Waals surface area contributed by atoms with Gasteiger partial charge in [0.05, 0.1) is 19.4 Å². The van der Waals surface area contributed by atoms with Gasteiger partial charge in [-0.15, -0.1) is 0 Å². The highest BCUT2D eigenvalue weighted by Crippen LogP contribution is 2.39. The molecule has 0 radical (unpaired) electrons. The minimum absolute atomic E-state index is 0.657. The molecular weight excluding hydrogens is 360 g/mol. The standard InChI is InChI=1S/C25H28N2O2/c1-3-29-19-11-12-23-21(16-19)20(10-6-7-13-26)25(27-23)22-14-17-8-4-5-9-18(17)15-24(22)28-2/h4-5,8-9,11-12,14-16,27H,3,6-7,10,13,26H2,1-2H3. The van der Waals surface area contributed by atoms with Crippen molar-refractivity contribution in [1.82, 2.24) is 4.98 Å². The number of methoxy groups -OCH3 is 1. The molecule has 1 aromatic heterocycles. The molecule has 0 unspecified atom stereocenters. The maximum atomic E-state index is 5.78. The van der Waals surface area contributed by atoms with Crippen molar-refractivity contribution in [2.24, 2.45) is 5.73 Å². The Hall–Kier alpha value is -2.98. The van der Waals surface area contributed by atoms with E-state index >= 15 is 0 Å². The average molecular weight is 389 g/mol. The van der Waals surface area contributed by atoms with Gasteiger partial charge in [-0.25, -0.2) is 0 Å². The number of benzene rings is 3. The zero-order valence-electron chi connectivity index (χ0n) is 17.1. The van der Waals surface area contributed by atoms with E-state index in [-0.39, 0.29) is 0 Å². The quantitative estimate of drug-likeness (QED) is 0.382. The van der Waals surface area contributed by atoms with Gasteiger partial charge in [0.25, 0.3) is 0 Å². The topological polar surface area (TPSA) is 60.3 Å². The third kappa shape index (κ3) is 3.81. The van der Waals surface area contributed by atoms with E-state index in [0.717, 1.165) is 47.5 Å². The Balaban J connectivity index is 1.92. The molecule has 0 spiro atoms. The summed E-state index contributed by atoms with van der Waals surface area (Å²) in [5, 5.41) is 3.58. The summed E-state index contributed by atoms with van der Waals surface area (Å²) in [5.74, 6) is 1.77. The molecule has 0 aliphatic rings. The monoisotopic (exact) mass is 388 g/mol. The number of nitrogens with one attached hydrogen (secondary N) is 1. The van der Waals surface area contributed by atoms with Crippen LogP contribution in [-0.2, 0) is 6.42 Å². The summed E-state index contributed by atoms with van der Waals surface area (Å²) in [6.07, 6.45) is 3.01. The fourth-order valence-corrected chi connectivity index (χ4v) is 4.00. The molecule has 1 heterocycles. The summed E-state index contributed by atoms with van der Waals surface area (Å²) in [5.41, 5.74) is 10.4. The third-order valence-corrected chi connectivity index (χ3v) is 5.41. The molecule has 0 saturated carbocycles. The predicted octanol–water partition coefficient (Wildman–Crippen LogP) is 5.68. The van der Waals surface area contributed by atoms with E-state index in [4.69, 9.17) is 15.2 Å². The molecule has 0 aliphatic carbocycles. The maximum Gasteiger partial charge on any atom is 0.128 e. The Morgan fingerprint density at radius 3 is 2.48 bits per heavy atom. The van der Waals surface area contributed by atoms with Crippen LogP contribution >= 0.6 is 0 Å². The van der Waals surface area contributed by atoms with Gasteiger partial charge >= 0.3 is 0 Å². The van der Waals surface area contributed by atoms with E-state index in [0.29, 0.717) is 13.2 Å². The summed E-state index contributed by atoms with van der Waals surface area (Å²) >= 11 is 0. The molecule has 3 N–H and O–H groups in total.